The number of benzene rings is 1. The Bertz CT molecular complexity index is 377. The SMILES string of the molecule is CC(C(=O)O)C1CNCCC1c1ccccc1. The molecule has 3 heteroatoms. The van der Waals surface area contributed by atoms with Gasteiger partial charge < -0.3 is 10.4 Å². The number of piperidine rings is 1. The summed E-state index contributed by atoms with van der Waals surface area (Å²) < 4.78 is 0. The van der Waals surface area contributed by atoms with Crippen molar-refractivity contribution >= 4 is 5.97 Å². The predicted molar refractivity (Wildman–Crippen MR) is 67.0 cm³/mol. The molecular weight excluding hydrogens is 214 g/mol. The molecule has 3 nitrogen and oxygen atoms in total. The molecule has 1 aliphatic heterocycles. The highest BCUT2D eigenvalue weighted by Crippen LogP contribution is 2.34. The third-order valence-corrected chi connectivity index (χ3v) is 3.79. The van der Waals surface area contributed by atoms with Gasteiger partial charge in [-0.1, -0.05) is 37.3 Å². The molecule has 0 aromatic heterocycles. The van der Waals surface area contributed by atoms with Crippen molar-refractivity contribution in [1.82, 2.24) is 5.32 Å². The number of hydrogen-bond acceptors (Lipinski definition) is 2. The lowest BCUT2D eigenvalue weighted by atomic mass is 9.75. The van der Waals surface area contributed by atoms with E-state index in [0.29, 0.717) is 5.92 Å². The summed E-state index contributed by atoms with van der Waals surface area (Å²) in [6.45, 7) is 3.59. The van der Waals surface area contributed by atoms with Gasteiger partial charge in [0, 0.05) is 0 Å². The van der Waals surface area contributed by atoms with Gasteiger partial charge >= 0.3 is 5.97 Å². The van der Waals surface area contributed by atoms with E-state index >= 15 is 0 Å². The predicted octanol–water partition coefficient (Wildman–Crippen LogP) is 2.10. The second-order valence-corrected chi connectivity index (χ2v) is 4.80. The number of rotatable bonds is 3. The van der Waals surface area contributed by atoms with E-state index in [9.17, 15) is 9.90 Å². The Kier molecular flexibility index (Phi) is 3.79. The summed E-state index contributed by atoms with van der Waals surface area (Å²) in [5.74, 6) is -0.445. The zero-order chi connectivity index (χ0) is 12.3. The summed E-state index contributed by atoms with van der Waals surface area (Å²) in [7, 11) is 0. The molecule has 3 unspecified atom stereocenters. The summed E-state index contributed by atoms with van der Waals surface area (Å²) in [5, 5.41) is 12.5. The van der Waals surface area contributed by atoms with Crippen LogP contribution in [0.15, 0.2) is 30.3 Å². The molecule has 0 bridgehead atoms. The average Bonchev–Trinajstić information content (AvgIpc) is 2.39. The summed E-state index contributed by atoms with van der Waals surface area (Å²) in [6.07, 6.45) is 1.02. The van der Waals surface area contributed by atoms with E-state index in [-0.39, 0.29) is 11.8 Å². The maximum absolute atomic E-state index is 11.1. The highest BCUT2D eigenvalue weighted by atomic mass is 16.4. The second kappa shape index (κ2) is 5.32. The maximum atomic E-state index is 11.1. The van der Waals surface area contributed by atoms with Crippen LogP contribution in [0.25, 0.3) is 0 Å². The van der Waals surface area contributed by atoms with Gasteiger partial charge in [-0.3, -0.25) is 4.79 Å². The van der Waals surface area contributed by atoms with Crippen molar-refractivity contribution in [2.24, 2.45) is 11.8 Å². The lowest BCUT2D eigenvalue weighted by Crippen LogP contribution is -2.40. The van der Waals surface area contributed by atoms with Gasteiger partial charge in [0.2, 0.25) is 0 Å². The molecule has 0 amide bonds. The van der Waals surface area contributed by atoms with Gasteiger partial charge in [-0.05, 0) is 36.9 Å². The molecule has 1 aliphatic rings. The van der Waals surface area contributed by atoms with Crippen LogP contribution < -0.4 is 5.32 Å². The van der Waals surface area contributed by atoms with Gasteiger partial charge in [-0.2, -0.15) is 0 Å². The summed E-state index contributed by atoms with van der Waals surface area (Å²) in [5.41, 5.74) is 1.27. The quantitative estimate of drug-likeness (QED) is 0.840. The normalized spacial score (nSPS) is 26.4. The minimum absolute atomic E-state index is 0.184. The van der Waals surface area contributed by atoms with Gasteiger partial charge in [0.25, 0.3) is 0 Å². The third kappa shape index (κ3) is 2.67. The molecule has 92 valence electrons. The van der Waals surface area contributed by atoms with Crippen molar-refractivity contribution < 1.29 is 9.90 Å². The van der Waals surface area contributed by atoms with Crippen LogP contribution in [0, 0.1) is 11.8 Å². The number of hydrogen-bond donors (Lipinski definition) is 2. The Morgan fingerprint density at radius 2 is 2.12 bits per heavy atom. The van der Waals surface area contributed by atoms with Crippen LogP contribution in [0.3, 0.4) is 0 Å². The third-order valence-electron chi connectivity index (χ3n) is 3.79. The van der Waals surface area contributed by atoms with Crippen LogP contribution in [0.4, 0.5) is 0 Å². The molecule has 2 N–H and O–H groups in total. The maximum Gasteiger partial charge on any atom is 0.306 e. The molecule has 1 heterocycles. The van der Waals surface area contributed by atoms with Crippen LogP contribution in [0.2, 0.25) is 0 Å². The van der Waals surface area contributed by atoms with Crippen molar-refractivity contribution in [3.63, 3.8) is 0 Å². The fourth-order valence-electron chi connectivity index (χ4n) is 2.71. The van der Waals surface area contributed by atoms with E-state index in [4.69, 9.17) is 0 Å². The molecule has 0 radical (unpaired) electrons. The van der Waals surface area contributed by atoms with E-state index in [1.54, 1.807) is 0 Å². The van der Waals surface area contributed by atoms with Crippen molar-refractivity contribution in [2.45, 2.75) is 19.3 Å². The van der Waals surface area contributed by atoms with Crippen molar-refractivity contribution in [3.8, 4) is 0 Å². The molecule has 2 rings (SSSR count). The highest BCUT2D eigenvalue weighted by molar-refractivity contribution is 5.70. The Hall–Kier alpha value is -1.35. The van der Waals surface area contributed by atoms with Crippen LogP contribution in [-0.2, 0) is 4.79 Å². The fourth-order valence-corrected chi connectivity index (χ4v) is 2.71. The van der Waals surface area contributed by atoms with Gasteiger partial charge in [-0.15, -0.1) is 0 Å². The average molecular weight is 233 g/mol. The lowest BCUT2D eigenvalue weighted by Gasteiger charge is -2.35. The van der Waals surface area contributed by atoms with Crippen LogP contribution >= 0.6 is 0 Å². The van der Waals surface area contributed by atoms with E-state index in [0.717, 1.165) is 19.5 Å². The Morgan fingerprint density at radius 3 is 2.76 bits per heavy atom. The number of carbonyl (C=O) groups is 1. The molecule has 1 aromatic carbocycles. The van der Waals surface area contributed by atoms with Gasteiger partial charge in [0.05, 0.1) is 5.92 Å². The first-order valence-corrected chi connectivity index (χ1v) is 6.18. The molecule has 3 atom stereocenters. The van der Waals surface area contributed by atoms with Gasteiger partial charge in [0.15, 0.2) is 0 Å². The molecule has 1 aromatic rings. The van der Waals surface area contributed by atoms with Gasteiger partial charge in [0.1, 0.15) is 0 Å². The Balaban J connectivity index is 2.21. The number of carboxylic acids is 1. The lowest BCUT2D eigenvalue weighted by molar-refractivity contribution is -0.143. The van der Waals surface area contributed by atoms with E-state index in [2.05, 4.69) is 17.4 Å². The first kappa shape index (κ1) is 12.1. The topological polar surface area (TPSA) is 49.3 Å². The van der Waals surface area contributed by atoms with E-state index in [1.807, 2.05) is 25.1 Å². The fraction of sp³-hybridized carbons (Fsp3) is 0.500. The molecule has 1 saturated heterocycles. The number of nitrogens with one attached hydrogen (secondary N) is 1. The first-order valence-electron chi connectivity index (χ1n) is 6.18. The molecule has 0 spiro atoms. The van der Waals surface area contributed by atoms with Crippen LogP contribution in [0.5, 0.6) is 0 Å². The standard InChI is InChI=1S/C14H19NO2/c1-10(14(16)17)13-9-15-8-7-12(13)11-5-3-2-4-6-11/h2-6,10,12-13,15H,7-9H2,1H3,(H,16,17). The number of aliphatic carboxylic acids is 1. The summed E-state index contributed by atoms with van der Waals surface area (Å²) in [4.78, 5) is 11.1. The number of carboxylic acid groups (broad SMARTS) is 1. The van der Waals surface area contributed by atoms with Crippen LogP contribution in [-0.4, -0.2) is 24.2 Å². The molecule has 1 fully saturated rings. The van der Waals surface area contributed by atoms with E-state index < -0.39 is 5.97 Å². The minimum atomic E-state index is -0.695. The summed E-state index contributed by atoms with van der Waals surface area (Å²) in [6, 6.07) is 10.3. The zero-order valence-corrected chi connectivity index (χ0v) is 10.1. The van der Waals surface area contributed by atoms with E-state index in [1.165, 1.54) is 5.56 Å². The largest absolute Gasteiger partial charge is 0.481 e. The van der Waals surface area contributed by atoms with Crippen molar-refractivity contribution in [1.29, 1.82) is 0 Å². The molecule has 0 aliphatic carbocycles. The van der Waals surface area contributed by atoms with Crippen molar-refractivity contribution in [2.75, 3.05) is 13.1 Å². The summed E-state index contributed by atoms with van der Waals surface area (Å²) >= 11 is 0. The molecule has 0 saturated carbocycles. The smallest absolute Gasteiger partial charge is 0.306 e. The minimum Gasteiger partial charge on any atom is -0.481 e. The second-order valence-electron chi connectivity index (χ2n) is 4.80. The van der Waals surface area contributed by atoms with Crippen molar-refractivity contribution in [3.05, 3.63) is 35.9 Å². The molecular formula is C14H19NO2. The van der Waals surface area contributed by atoms with Gasteiger partial charge in [-0.25, -0.2) is 0 Å². The monoisotopic (exact) mass is 233 g/mol. The molecule has 17 heavy (non-hydrogen) atoms. The highest BCUT2D eigenvalue weighted by Gasteiger charge is 2.33. The Morgan fingerprint density at radius 1 is 1.41 bits per heavy atom. The zero-order valence-electron chi connectivity index (χ0n) is 10.1. The first-order chi connectivity index (χ1) is 8.20. The van der Waals surface area contributed by atoms with Crippen LogP contribution in [0.1, 0.15) is 24.8 Å². The Labute approximate surface area is 102 Å².